The van der Waals surface area contributed by atoms with Gasteiger partial charge in [-0.05, 0) is 137 Å². The summed E-state index contributed by atoms with van der Waals surface area (Å²) in [6.45, 7) is 5.32. The van der Waals surface area contributed by atoms with Crippen LogP contribution in [-0.2, 0) is 45.2 Å². The van der Waals surface area contributed by atoms with Crippen molar-refractivity contribution >= 4 is 61.5 Å². The van der Waals surface area contributed by atoms with Gasteiger partial charge in [-0.3, -0.25) is 13.9 Å². The van der Waals surface area contributed by atoms with Crippen LogP contribution in [0.5, 0.6) is 0 Å². The number of esters is 2. The maximum absolute atomic E-state index is 14.1. The molecule has 0 atom stereocenters. The number of amides is 2. The first-order valence-corrected chi connectivity index (χ1v) is 21.1. The average molecular weight is 808 g/mol. The van der Waals surface area contributed by atoms with Crippen LogP contribution in [-0.4, -0.2) is 51.9 Å². The second kappa shape index (κ2) is 18.0. The van der Waals surface area contributed by atoms with Crippen molar-refractivity contribution in [3.63, 3.8) is 0 Å². The quantitative estimate of drug-likeness (QED) is 0.106. The van der Waals surface area contributed by atoms with Crippen molar-refractivity contribution in [2.45, 2.75) is 70.2 Å². The Labute approximate surface area is 337 Å². The zero-order chi connectivity index (χ0) is 40.7. The van der Waals surface area contributed by atoms with Crippen LogP contribution < -0.4 is 14.9 Å². The Kier molecular flexibility index (Phi) is 12.9. The predicted molar refractivity (Wildman–Crippen MR) is 222 cm³/mol. The molecule has 1 heterocycles. The molecule has 0 spiro atoms. The summed E-state index contributed by atoms with van der Waals surface area (Å²) in [6.07, 6.45) is 4.94. The number of anilines is 3. The van der Waals surface area contributed by atoms with Crippen molar-refractivity contribution in [1.82, 2.24) is 0 Å². The monoisotopic (exact) mass is 807 g/mol. The van der Waals surface area contributed by atoms with Gasteiger partial charge in [0.2, 0.25) is 0 Å². The summed E-state index contributed by atoms with van der Waals surface area (Å²) < 4.78 is 39.4. The number of sulfonamides is 1. The normalized spacial score (nSPS) is 12.4. The van der Waals surface area contributed by atoms with Crippen molar-refractivity contribution in [1.29, 1.82) is 0 Å². The standard InChI is InChI=1S/C44H45N3O8S2/c1-5-55-44(51)33-11-8-12-35(26-33)47(28(2)3)57(52,53)36-13-9-10-32(27-36)40(48)46-42-39(37-14-6-7-15-38(37)56-42)41(49)45-34-24-20-30(21-25-34)17-16-29-18-22-31(23-19-29)43(50)54-4/h8-13,18-28H,5-7,14-17H2,1-4H3,(H,45,49)(H,46,48). The number of rotatable bonds is 14. The van der Waals surface area contributed by atoms with E-state index in [0.29, 0.717) is 28.2 Å². The minimum absolute atomic E-state index is 0.103. The smallest absolute Gasteiger partial charge is 0.338 e. The summed E-state index contributed by atoms with van der Waals surface area (Å²) >= 11 is 1.37. The topological polar surface area (TPSA) is 148 Å². The number of ether oxygens (including phenoxy) is 2. The summed E-state index contributed by atoms with van der Waals surface area (Å²) in [5.41, 5.74) is 5.22. The van der Waals surface area contributed by atoms with E-state index in [2.05, 4.69) is 10.6 Å². The van der Waals surface area contributed by atoms with Crippen LogP contribution in [0.2, 0.25) is 0 Å². The van der Waals surface area contributed by atoms with Crippen molar-refractivity contribution in [3.05, 3.63) is 141 Å². The number of methoxy groups -OCH3 is 1. The maximum atomic E-state index is 14.1. The third-order valence-corrected chi connectivity index (χ3v) is 12.9. The number of carbonyl (C=O) groups is 4. The van der Waals surface area contributed by atoms with Crippen LogP contribution in [0.3, 0.4) is 0 Å². The molecule has 0 saturated heterocycles. The van der Waals surface area contributed by atoms with Gasteiger partial charge in [0.05, 0.1) is 41.0 Å². The molecule has 2 amide bonds. The van der Waals surface area contributed by atoms with E-state index < -0.39 is 27.9 Å². The Hall–Kier alpha value is -5.79. The zero-order valence-corrected chi connectivity index (χ0v) is 33.9. The molecule has 1 aromatic heterocycles. The van der Waals surface area contributed by atoms with Crippen molar-refractivity contribution in [2.75, 3.05) is 28.7 Å². The zero-order valence-electron chi connectivity index (χ0n) is 32.3. The Morgan fingerprint density at radius 1 is 0.754 bits per heavy atom. The highest BCUT2D eigenvalue weighted by atomic mass is 32.2. The van der Waals surface area contributed by atoms with Crippen LogP contribution in [0.1, 0.15) is 96.6 Å². The number of fused-ring (bicyclic) bond motifs is 1. The molecule has 0 radical (unpaired) electrons. The number of aryl methyl sites for hydroxylation is 3. The first kappa shape index (κ1) is 40.9. The van der Waals surface area contributed by atoms with E-state index in [4.69, 9.17) is 9.47 Å². The highest BCUT2D eigenvalue weighted by molar-refractivity contribution is 7.92. The first-order valence-electron chi connectivity index (χ1n) is 18.8. The fraction of sp³-hybridized carbons (Fsp3) is 0.273. The number of nitrogens with zero attached hydrogens (tertiary/aromatic N) is 1. The molecule has 0 fully saturated rings. The molecule has 1 aliphatic carbocycles. The summed E-state index contributed by atoms with van der Waals surface area (Å²) in [6, 6.07) is 26.4. The van der Waals surface area contributed by atoms with E-state index in [9.17, 15) is 27.6 Å². The number of thiophene rings is 1. The third-order valence-electron chi connectivity index (χ3n) is 9.65. The fourth-order valence-electron chi connectivity index (χ4n) is 6.84. The van der Waals surface area contributed by atoms with Crippen LogP contribution in [0.25, 0.3) is 0 Å². The lowest BCUT2D eigenvalue weighted by molar-refractivity contribution is 0.0525. The highest BCUT2D eigenvalue weighted by Gasteiger charge is 2.30. The van der Waals surface area contributed by atoms with E-state index in [1.165, 1.54) is 53.1 Å². The molecule has 2 N–H and O–H groups in total. The summed E-state index contributed by atoms with van der Waals surface area (Å²) in [5, 5.41) is 6.36. The van der Waals surface area contributed by atoms with Crippen molar-refractivity contribution in [3.8, 4) is 0 Å². The largest absolute Gasteiger partial charge is 0.465 e. The van der Waals surface area contributed by atoms with Gasteiger partial charge >= 0.3 is 11.9 Å². The van der Waals surface area contributed by atoms with E-state index in [1.807, 2.05) is 36.4 Å². The molecule has 296 valence electrons. The summed E-state index contributed by atoms with van der Waals surface area (Å²) in [4.78, 5) is 52.9. The lowest BCUT2D eigenvalue weighted by Crippen LogP contribution is -2.37. The minimum Gasteiger partial charge on any atom is -0.465 e. The van der Waals surface area contributed by atoms with Crippen molar-refractivity contribution < 1.29 is 37.1 Å². The van der Waals surface area contributed by atoms with Gasteiger partial charge in [0, 0.05) is 22.2 Å². The maximum Gasteiger partial charge on any atom is 0.338 e. The lowest BCUT2D eigenvalue weighted by atomic mass is 9.95. The van der Waals surface area contributed by atoms with E-state index >= 15 is 0 Å². The minimum atomic E-state index is -4.20. The molecular formula is C44H45N3O8S2. The number of nitrogens with one attached hydrogen (secondary N) is 2. The Morgan fingerprint density at radius 3 is 2.07 bits per heavy atom. The molecule has 5 aromatic rings. The first-order chi connectivity index (χ1) is 27.4. The number of benzene rings is 4. The SMILES string of the molecule is CCOC(=O)c1cccc(N(C(C)C)S(=O)(=O)c2cccc(C(=O)Nc3sc4c(c3C(=O)Nc3ccc(CCc5ccc(C(=O)OC)cc5)cc3)CCCC4)c2)c1. The van der Waals surface area contributed by atoms with Gasteiger partial charge in [0.25, 0.3) is 21.8 Å². The molecule has 0 saturated carbocycles. The lowest BCUT2D eigenvalue weighted by Gasteiger charge is -2.28. The molecule has 6 rings (SSSR count). The second-order valence-corrected chi connectivity index (χ2v) is 16.8. The molecule has 11 nitrogen and oxygen atoms in total. The molecule has 13 heteroatoms. The molecule has 0 aliphatic heterocycles. The number of hydrogen-bond donors (Lipinski definition) is 2. The van der Waals surface area contributed by atoms with E-state index in [1.54, 1.807) is 51.1 Å². The Balaban J connectivity index is 1.18. The fourth-order valence-corrected chi connectivity index (χ4v) is 9.82. The highest BCUT2D eigenvalue weighted by Crippen LogP contribution is 2.39. The van der Waals surface area contributed by atoms with Crippen LogP contribution in [0.15, 0.2) is 102 Å². The number of carbonyl (C=O) groups excluding carboxylic acids is 4. The average Bonchev–Trinajstić information content (AvgIpc) is 3.58. The summed E-state index contributed by atoms with van der Waals surface area (Å²) in [5.74, 6) is -1.82. The second-order valence-electron chi connectivity index (χ2n) is 13.9. The van der Waals surface area contributed by atoms with E-state index in [-0.39, 0.29) is 40.2 Å². The molecule has 0 bridgehead atoms. The summed E-state index contributed by atoms with van der Waals surface area (Å²) in [7, 11) is -2.84. The number of hydrogen-bond acceptors (Lipinski definition) is 9. The van der Waals surface area contributed by atoms with Crippen molar-refractivity contribution in [2.24, 2.45) is 0 Å². The van der Waals surface area contributed by atoms with Gasteiger partial charge in [0.1, 0.15) is 5.00 Å². The molecular weight excluding hydrogens is 763 g/mol. The van der Waals surface area contributed by atoms with Gasteiger partial charge < -0.3 is 20.1 Å². The molecule has 57 heavy (non-hydrogen) atoms. The third kappa shape index (κ3) is 9.44. The molecule has 0 unspecified atom stereocenters. The van der Waals surface area contributed by atoms with Gasteiger partial charge in [-0.15, -0.1) is 11.3 Å². The Morgan fingerprint density at radius 2 is 1.40 bits per heavy atom. The van der Waals surface area contributed by atoms with Gasteiger partial charge in [-0.1, -0.05) is 36.4 Å². The predicted octanol–water partition coefficient (Wildman–Crippen LogP) is 8.48. The molecule has 1 aliphatic rings. The van der Waals surface area contributed by atoms with Crippen LogP contribution in [0.4, 0.5) is 16.4 Å². The molecule has 4 aromatic carbocycles. The van der Waals surface area contributed by atoms with Gasteiger partial charge in [-0.2, -0.15) is 0 Å². The van der Waals surface area contributed by atoms with Crippen LogP contribution in [0, 0.1) is 0 Å². The Bertz CT molecular complexity index is 2390. The van der Waals surface area contributed by atoms with E-state index in [0.717, 1.165) is 53.7 Å². The van der Waals surface area contributed by atoms with Gasteiger partial charge in [0.15, 0.2) is 0 Å². The van der Waals surface area contributed by atoms with Crippen LogP contribution >= 0.6 is 11.3 Å². The van der Waals surface area contributed by atoms with Gasteiger partial charge in [-0.25, -0.2) is 18.0 Å².